The first-order valence-electron chi connectivity index (χ1n) is 21.6. The van der Waals surface area contributed by atoms with Gasteiger partial charge in [-0.1, -0.05) is 131 Å². The Kier molecular flexibility index (Phi) is 36.0. The van der Waals surface area contributed by atoms with Crippen molar-refractivity contribution in [3.05, 3.63) is 85.1 Å². The average Bonchev–Trinajstić information content (AvgIpc) is 3.15. The number of hydrogen-bond donors (Lipinski definition) is 0. The lowest BCUT2D eigenvalue weighted by Crippen LogP contribution is -2.55. The first-order valence-corrected chi connectivity index (χ1v) is 21.6. The van der Waals surface area contributed by atoms with Crippen LogP contribution >= 0.6 is 0 Å². The van der Waals surface area contributed by atoms with Gasteiger partial charge in [0.25, 0.3) is 0 Å². The van der Waals surface area contributed by atoms with Crippen LogP contribution in [0, 0.1) is 0 Å². The third-order valence-corrected chi connectivity index (χ3v) is 9.02. The van der Waals surface area contributed by atoms with E-state index in [1.54, 1.807) is 21.1 Å². The molecule has 0 amide bonds. The summed E-state index contributed by atoms with van der Waals surface area (Å²) in [6, 6.07) is -0.736. The van der Waals surface area contributed by atoms with Gasteiger partial charge in [-0.2, -0.15) is 0 Å². The lowest BCUT2D eigenvalue weighted by molar-refractivity contribution is -0.889. The maximum Gasteiger partial charge on any atom is 0.306 e. The molecule has 0 aromatic heterocycles. The number of ether oxygens (including phenoxy) is 3. The summed E-state index contributed by atoms with van der Waals surface area (Å²) < 4.78 is 17.1. The van der Waals surface area contributed by atoms with E-state index in [1.165, 1.54) is 12.8 Å². The van der Waals surface area contributed by atoms with Gasteiger partial charge < -0.3 is 28.6 Å². The minimum absolute atomic E-state index is 0.0201. The molecule has 2 atom stereocenters. The molecule has 0 aliphatic rings. The number of likely N-dealkylation sites (N-methyl/N-ethyl adjacent to an activating group) is 1. The van der Waals surface area contributed by atoms with Crippen LogP contribution in [-0.4, -0.2) is 75.5 Å². The SMILES string of the molecule is CC/C=C/C/C=C/C/C=C/C/C=C/C/C=C/C/C=C/CCCCCC(=O)OCC(COCCC(C(=O)[O-])[N+](C)(C)C)OC(=O)CCCCCC/C=C/CCCC. The number of esters is 2. The van der Waals surface area contributed by atoms with Gasteiger partial charge in [-0.15, -0.1) is 0 Å². The van der Waals surface area contributed by atoms with E-state index in [1.807, 2.05) is 0 Å². The molecule has 0 aromatic carbocycles. The average molecular weight is 782 g/mol. The van der Waals surface area contributed by atoms with Crippen molar-refractivity contribution >= 4 is 17.9 Å². The number of carboxylic acids is 1. The van der Waals surface area contributed by atoms with Gasteiger partial charge >= 0.3 is 11.9 Å². The maximum atomic E-state index is 12.6. The van der Waals surface area contributed by atoms with Crippen LogP contribution in [0.25, 0.3) is 0 Å². The van der Waals surface area contributed by atoms with Crippen LogP contribution < -0.4 is 5.11 Å². The fraction of sp³-hybridized carbons (Fsp3) is 0.646. The molecule has 0 spiro atoms. The first-order chi connectivity index (χ1) is 27.1. The van der Waals surface area contributed by atoms with Gasteiger partial charge in [0, 0.05) is 19.3 Å². The van der Waals surface area contributed by atoms with Gasteiger partial charge in [-0.05, 0) is 83.5 Å². The second kappa shape index (κ2) is 38.4. The second-order valence-electron chi connectivity index (χ2n) is 15.2. The third kappa shape index (κ3) is 36.2. The van der Waals surface area contributed by atoms with Crippen LogP contribution in [0.2, 0.25) is 0 Å². The van der Waals surface area contributed by atoms with E-state index in [0.29, 0.717) is 12.8 Å². The summed E-state index contributed by atoms with van der Waals surface area (Å²) in [5, 5.41) is 11.6. The third-order valence-electron chi connectivity index (χ3n) is 9.02. The highest BCUT2D eigenvalue weighted by atomic mass is 16.6. The molecule has 0 bridgehead atoms. The predicted molar refractivity (Wildman–Crippen MR) is 231 cm³/mol. The molecule has 0 N–H and O–H groups in total. The highest BCUT2D eigenvalue weighted by Gasteiger charge is 2.25. The van der Waals surface area contributed by atoms with Crippen molar-refractivity contribution in [1.82, 2.24) is 0 Å². The van der Waals surface area contributed by atoms with Crippen molar-refractivity contribution in [2.75, 3.05) is 41.0 Å². The molecular weight excluding hydrogens is 703 g/mol. The summed E-state index contributed by atoms with van der Waals surface area (Å²) in [5.74, 6) is -1.81. The second-order valence-corrected chi connectivity index (χ2v) is 15.2. The standard InChI is InChI=1S/C48H79NO7/c1-6-8-10-12-14-16-18-19-20-21-22-23-24-25-26-27-28-29-31-32-34-36-38-46(50)55-43-44(42-54-41-40-45(48(52)53)49(3,4)5)56-47(51)39-37-35-33-30-17-15-13-11-9-7-2/h8,10,13-16,19-20,22-23,25-26,28-29,44-45H,6-7,9,11-12,17-18,21,24,27,30-43H2,1-5H3/b10-8+,15-13+,16-14+,20-19+,23-22+,26-25+,29-28+. The van der Waals surface area contributed by atoms with Crippen LogP contribution in [0.3, 0.4) is 0 Å². The molecule has 0 saturated heterocycles. The van der Waals surface area contributed by atoms with Gasteiger partial charge in [0.15, 0.2) is 6.10 Å². The van der Waals surface area contributed by atoms with Crippen molar-refractivity contribution < 1.29 is 38.2 Å². The molecule has 0 aromatic rings. The lowest BCUT2D eigenvalue weighted by atomic mass is 10.1. The summed E-state index contributed by atoms with van der Waals surface area (Å²) in [5.41, 5.74) is 0. The van der Waals surface area contributed by atoms with Crippen LogP contribution in [-0.2, 0) is 28.6 Å². The van der Waals surface area contributed by atoms with E-state index < -0.39 is 18.1 Å². The van der Waals surface area contributed by atoms with E-state index in [4.69, 9.17) is 14.2 Å². The van der Waals surface area contributed by atoms with E-state index in [2.05, 4.69) is 98.9 Å². The number of nitrogens with zero attached hydrogens (tertiary/aromatic N) is 1. The summed E-state index contributed by atoms with van der Waals surface area (Å²) in [6.45, 7) is 4.43. The van der Waals surface area contributed by atoms with E-state index >= 15 is 0 Å². The molecule has 0 aliphatic heterocycles. The number of carboxylic acid groups (broad SMARTS) is 1. The Hall–Kier alpha value is -3.49. The molecule has 0 radical (unpaired) electrons. The zero-order valence-corrected chi connectivity index (χ0v) is 36.0. The van der Waals surface area contributed by atoms with Crippen LogP contribution in [0.5, 0.6) is 0 Å². The van der Waals surface area contributed by atoms with Crippen molar-refractivity contribution in [1.29, 1.82) is 0 Å². The van der Waals surface area contributed by atoms with Crippen LogP contribution in [0.1, 0.15) is 149 Å². The monoisotopic (exact) mass is 782 g/mol. The number of carbonyl (C=O) groups is 3. The Morgan fingerprint density at radius 2 is 1.00 bits per heavy atom. The molecule has 0 aliphatic carbocycles. The zero-order valence-electron chi connectivity index (χ0n) is 36.0. The summed E-state index contributed by atoms with van der Waals surface area (Å²) in [4.78, 5) is 36.7. The highest BCUT2D eigenvalue weighted by molar-refractivity contribution is 5.70. The largest absolute Gasteiger partial charge is 0.544 e. The minimum atomic E-state index is -1.14. The van der Waals surface area contributed by atoms with Crippen molar-refractivity contribution in [3.8, 4) is 0 Å². The topological polar surface area (TPSA) is 102 Å². The molecule has 318 valence electrons. The molecule has 56 heavy (non-hydrogen) atoms. The minimum Gasteiger partial charge on any atom is -0.544 e. The molecule has 0 fully saturated rings. The quantitative estimate of drug-likeness (QED) is 0.0268. The van der Waals surface area contributed by atoms with E-state index in [-0.39, 0.29) is 42.7 Å². The number of rotatable bonds is 37. The molecule has 0 saturated carbocycles. The number of hydrogen-bond acceptors (Lipinski definition) is 7. The Bertz CT molecular complexity index is 1190. The lowest BCUT2D eigenvalue weighted by Gasteiger charge is -2.34. The molecule has 0 heterocycles. The number of allylic oxidation sites excluding steroid dienone is 14. The van der Waals surface area contributed by atoms with Crippen LogP contribution in [0.15, 0.2) is 85.1 Å². The number of carbonyl (C=O) groups excluding carboxylic acids is 3. The van der Waals surface area contributed by atoms with Gasteiger partial charge in [-0.25, -0.2) is 0 Å². The fourth-order valence-corrected chi connectivity index (χ4v) is 5.64. The Balaban J connectivity index is 4.38. The number of quaternary nitrogens is 1. The summed E-state index contributed by atoms with van der Waals surface area (Å²) in [7, 11) is 5.38. The molecular formula is C48H79NO7. The Labute approximate surface area is 342 Å². The number of unbranched alkanes of at least 4 members (excludes halogenated alkanes) is 9. The van der Waals surface area contributed by atoms with E-state index in [0.717, 1.165) is 103 Å². The van der Waals surface area contributed by atoms with Gasteiger partial charge in [0.1, 0.15) is 12.6 Å². The smallest absolute Gasteiger partial charge is 0.306 e. The Morgan fingerprint density at radius 3 is 1.50 bits per heavy atom. The van der Waals surface area contributed by atoms with Crippen LogP contribution in [0.4, 0.5) is 0 Å². The van der Waals surface area contributed by atoms with Crippen molar-refractivity contribution in [3.63, 3.8) is 0 Å². The highest BCUT2D eigenvalue weighted by Crippen LogP contribution is 2.12. The fourth-order valence-electron chi connectivity index (χ4n) is 5.64. The first kappa shape index (κ1) is 52.5. The Morgan fingerprint density at radius 1 is 0.554 bits per heavy atom. The summed E-state index contributed by atoms with van der Waals surface area (Å²) in [6.07, 6.45) is 49.0. The normalized spacial score (nSPS) is 13.8. The number of aliphatic carboxylic acids is 1. The molecule has 2 unspecified atom stereocenters. The molecule has 0 rings (SSSR count). The van der Waals surface area contributed by atoms with Crippen molar-refractivity contribution in [2.24, 2.45) is 0 Å². The van der Waals surface area contributed by atoms with Crippen molar-refractivity contribution in [2.45, 2.75) is 161 Å². The van der Waals surface area contributed by atoms with Gasteiger partial charge in [0.05, 0.1) is 40.3 Å². The molecule has 8 heteroatoms. The van der Waals surface area contributed by atoms with E-state index in [9.17, 15) is 19.5 Å². The summed E-state index contributed by atoms with van der Waals surface area (Å²) >= 11 is 0. The zero-order chi connectivity index (χ0) is 41.4. The van der Waals surface area contributed by atoms with Gasteiger partial charge in [-0.3, -0.25) is 9.59 Å². The van der Waals surface area contributed by atoms with Gasteiger partial charge in [0.2, 0.25) is 0 Å². The maximum absolute atomic E-state index is 12.6. The molecule has 8 nitrogen and oxygen atoms in total. The predicted octanol–water partition coefficient (Wildman–Crippen LogP) is 10.4.